The number of benzene rings is 2. The maximum Gasteiger partial charge on any atom is 0.251 e. The lowest BCUT2D eigenvalue weighted by atomic mass is 9.99. The van der Waals surface area contributed by atoms with E-state index in [1.807, 2.05) is 61.5 Å². The molecule has 17 heavy (non-hydrogen) atoms. The number of carbonyl (C=O) groups excluding carboxylic acids is 1. The van der Waals surface area contributed by atoms with Gasteiger partial charge in [-0.1, -0.05) is 48.5 Å². The van der Waals surface area contributed by atoms with Crippen LogP contribution in [0.25, 0.3) is 11.1 Å². The summed E-state index contributed by atoms with van der Waals surface area (Å²) in [6.07, 6.45) is 0. The molecule has 0 spiro atoms. The maximum atomic E-state index is 11.9. The third kappa shape index (κ3) is 2.53. The highest BCUT2D eigenvalue weighted by atomic mass is 16.1. The molecular formula is C15H15NO. The maximum absolute atomic E-state index is 11.9. The molecule has 0 atom stereocenters. The number of nitrogens with one attached hydrogen (secondary N) is 1. The summed E-state index contributed by atoms with van der Waals surface area (Å²) in [6, 6.07) is 17.6. The largest absolute Gasteiger partial charge is 0.352 e. The van der Waals surface area contributed by atoms with Crippen LogP contribution in [0.5, 0.6) is 0 Å². The van der Waals surface area contributed by atoms with Crippen molar-refractivity contribution >= 4 is 5.91 Å². The van der Waals surface area contributed by atoms with Gasteiger partial charge < -0.3 is 5.32 Å². The van der Waals surface area contributed by atoms with Crippen molar-refractivity contribution in [3.8, 4) is 11.1 Å². The first-order valence-electron chi connectivity index (χ1n) is 5.75. The van der Waals surface area contributed by atoms with Crippen LogP contribution < -0.4 is 5.32 Å². The Hall–Kier alpha value is -2.09. The van der Waals surface area contributed by atoms with Crippen LogP contribution >= 0.6 is 0 Å². The van der Waals surface area contributed by atoms with Gasteiger partial charge >= 0.3 is 0 Å². The summed E-state index contributed by atoms with van der Waals surface area (Å²) in [4.78, 5) is 11.9. The Morgan fingerprint density at radius 2 is 1.65 bits per heavy atom. The zero-order valence-electron chi connectivity index (χ0n) is 9.81. The first-order valence-corrected chi connectivity index (χ1v) is 5.75. The lowest BCUT2D eigenvalue weighted by Crippen LogP contribution is -2.23. The molecule has 1 N–H and O–H groups in total. The average Bonchev–Trinajstić information content (AvgIpc) is 2.40. The molecule has 0 aliphatic rings. The minimum atomic E-state index is -0.0213. The number of hydrogen-bond acceptors (Lipinski definition) is 1. The fourth-order valence-electron chi connectivity index (χ4n) is 1.81. The standard InChI is InChI=1S/C15H15NO/c1-2-16-15(17)14-11-7-6-10-13(14)12-8-4-3-5-9-12/h3-11H,2H2,1H3,(H,16,17). The Morgan fingerprint density at radius 3 is 2.35 bits per heavy atom. The zero-order chi connectivity index (χ0) is 12.1. The fraction of sp³-hybridized carbons (Fsp3) is 0.133. The van der Waals surface area contributed by atoms with Crippen LogP contribution in [-0.2, 0) is 0 Å². The zero-order valence-corrected chi connectivity index (χ0v) is 9.81. The molecule has 86 valence electrons. The van der Waals surface area contributed by atoms with Crippen molar-refractivity contribution in [2.75, 3.05) is 6.54 Å². The number of amides is 1. The second kappa shape index (κ2) is 5.30. The van der Waals surface area contributed by atoms with Gasteiger partial charge in [-0.2, -0.15) is 0 Å². The van der Waals surface area contributed by atoms with E-state index < -0.39 is 0 Å². The van der Waals surface area contributed by atoms with Gasteiger partial charge in [-0.15, -0.1) is 0 Å². The summed E-state index contributed by atoms with van der Waals surface area (Å²) >= 11 is 0. The van der Waals surface area contributed by atoms with Crippen LogP contribution in [0.15, 0.2) is 54.6 Å². The molecule has 0 aromatic heterocycles. The van der Waals surface area contributed by atoms with Gasteiger partial charge in [-0.25, -0.2) is 0 Å². The van der Waals surface area contributed by atoms with Gasteiger partial charge in [-0.05, 0) is 24.1 Å². The van der Waals surface area contributed by atoms with Crippen LogP contribution in [0.2, 0.25) is 0 Å². The van der Waals surface area contributed by atoms with E-state index in [-0.39, 0.29) is 5.91 Å². The third-order valence-electron chi connectivity index (χ3n) is 2.59. The molecule has 1 amide bonds. The van der Waals surface area contributed by atoms with Crippen LogP contribution in [0.3, 0.4) is 0 Å². The summed E-state index contributed by atoms with van der Waals surface area (Å²) in [5.41, 5.74) is 2.76. The highest BCUT2D eigenvalue weighted by Gasteiger charge is 2.10. The van der Waals surface area contributed by atoms with Gasteiger partial charge in [0.25, 0.3) is 5.91 Å². The van der Waals surface area contributed by atoms with E-state index in [0.29, 0.717) is 6.54 Å². The fourth-order valence-corrected chi connectivity index (χ4v) is 1.81. The second-order valence-corrected chi connectivity index (χ2v) is 3.77. The van der Waals surface area contributed by atoms with Crippen molar-refractivity contribution in [1.82, 2.24) is 5.32 Å². The molecule has 0 bridgehead atoms. The predicted molar refractivity (Wildman–Crippen MR) is 69.9 cm³/mol. The average molecular weight is 225 g/mol. The van der Waals surface area contributed by atoms with Gasteiger partial charge in [0.15, 0.2) is 0 Å². The van der Waals surface area contributed by atoms with Crippen molar-refractivity contribution in [3.05, 3.63) is 60.2 Å². The minimum absolute atomic E-state index is 0.0213. The van der Waals surface area contributed by atoms with Crippen molar-refractivity contribution in [2.24, 2.45) is 0 Å². The summed E-state index contributed by atoms with van der Waals surface area (Å²) in [5, 5.41) is 2.83. The van der Waals surface area contributed by atoms with Gasteiger partial charge in [0.05, 0.1) is 0 Å². The summed E-state index contributed by atoms with van der Waals surface area (Å²) in [5.74, 6) is -0.0213. The molecule has 2 aromatic carbocycles. The Balaban J connectivity index is 2.45. The monoisotopic (exact) mass is 225 g/mol. The van der Waals surface area contributed by atoms with E-state index in [1.165, 1.54) is 0 Å². The van der Waals surface area contributed by atoms with E-state index in [4.69, 9.17) is 0 Å². The lowest BCUT2D eigenvalue weighted by Gasteiger charge is -2.09. The van der Waals surface area contributed by atoms with Crippen molar-refractivity contribution in [3.63, 3.8) is 0 Å². The lowest BCUT2D eigenvalue weighted by molar-refractivity contribution is 0.0956. The molecule has 0 saturated heterocycles. The minimum Gasteiger partial charge on any atom is -0.352 e. The van der Waals surface area contributed by atoms with Crippen molar-refractivity contribution in [2.45, 2.75) is 6.92 Å². The molecule has 2 rings (SSSR count). The molecule has 0 radical (unpaired) electrons. The van der Waals surface area contributed by atoms with Gasteiger partial charge in [-0.3, -0.25) is 4.79 Å². The quantitative estimate of drug-likeness (QED) is 0.854. The van der Waals surface area contributed by atoms with E-state index in [0.717, 1.165) is 16.7 Å². The topological polar surface area (TPSA) is 29.1 Å². The Bertz CT molecular complexity index is 505. The molecule has 2 heteroatoms. The first-order chi connectivity index (χ1) is 8.33. The number of carbonyl (C=O) groups is 1. The molecular weight excluding hydrogens is 210 g/mol. The third-order valence-corrected chi connectivity index (χ3v) is 2.59. The van der Waals surface area contributed by atoms with Gasteiger partial charge in [0, 0.05) is 12.1 Å². The molecule has 0 fully saturated rings. The van der Waals surface area contributed by atoms with Crippen LogP contribution in [0.1, 0.15) is 17.3 Å². The van der Waals surface area contributed by atoms with Crippen LogP contribution in [0, 0.1) is 0 Å². The highest BCUT2D eigenvalue weighted by Crippen LogP contribution is 2.23. The summed E-state index contributed by atoms with van der Waals surface area (Å²) < 4.78 is 0. The predicted octanol–water partition coefficient (Wildman–Crippen LogP) is 3.10. The summed E-state index contributed by atoms with van der Waals surface area (Å²) in [7, 11) is 0. The molecule has 0 unspecified atom stereocenters. The van der Waals surface area contributed by atoms with E-state index >= 15 is 0 Å². The van der Waals surface area contributed by atoms with Gasteiger partial charge in [0.2, 0.25) is 0 Å². The smallest absolute Gasteiger partial charge is 0.251 e. The Labute approximate surface area is 101 Å². The van der Waals surface area contributed by atoms with Crippen LogP contribution in [-0.4, -0.2) is 12.5 Å². The molecule has 0 saturated carbocycles. The SMILES string of the molecule is CCNC(=O)c1ccccc1-c1ccccc1. The number of rotatable bonds is 3. The van der Waals surface area contributed by atoms with Crippen LogP contribution in [0.4, 0.5) is 0 Å². The molecule has 0 aliphatic heterocycles. The van der Waals surface area contributed by atoms with Crippen molar-refractivity contribution < 1.29 is 4.79 Å². The van der Waals surface area contributed by atoms with E-state index in [1.54, 1.807) is 0 Å². The highest BCUT2D eigenvalue weighted by molar-refractivity contribution is 6.00. The van der Waals surface area contributed by atoms with E-state index in [2.05, 4.69) is 5.32 Å². The van der Waals surface area contributed by atoms with Gasteiger partial charge in [0.1, 0.15) is 0 Å². The molecule has 0 aliphatic carbocycles. The summed E-state index contributed by atoms with van der Waals surface area (Å²) in [6.45, 7) is 2.56. The normalized spacial score (nSPS) is 9.94. The molecule has 2 nitrogen and oxygen atoms in total. The Morgan fingerprint density at radius 1 is 1.00 bits per heavy atom. The second-order valence-electron chi connectivity index (χ2n) is 3.77. The first kappa shape index (κ1) is 11.4. The Kier molecular flexibility index (Phi) is 3.55. The molecule has 0 heterocycles. The number of hydrogen-bond donors (Lipinski definition) is 1. The van der Waals surface area contributed by atoms with Crippen molar-refractivity contribution in [1.29, 1.82) is 0 Å². The van der Waals surface area contributed by atoms with E-state index in [9.17, 15) is 4.79 Å². The molecule has 2 aromatic rings.